The van der Waals surface area contributed by atoms with Gasteiger partial charge in [-0.05, 0) is 78.4 Å². The minimum atomic E-state index is 1.22. The van der Waals surface area contributed by atoms with Gasteiger partial charge >= 0.3 is 0 Å². The summed E-state index contributed by atoms with van der Waals surface area (Å²) in [5.74, 6) is 0. The van der Waals surface area contributed by atoms with E-state index in [-0.39, 0.29) is 0 Å². The van der Waals surface area contributed by atoms with Crippen molar-refractivity contribution < 1.29 is 0 Å². The van der Waals surface area contributed by atoms with Gasteiger partial charge in [0.05, 0.1) is 0 Å². The Kier molecular flexibility index (Phi) is 18.8. The fraction of sp³-hybridized carbons (Fsp3) is 0.840. The molecule has 0 aliphatic heterocycles. The lowest BCUT2D eigenvalue weighted by Crippen LogP contribution is -2.27. The van der Waals surface area contributed by atoms with Gasteiger partial charge in [-0.25, -0.2) is 0 Å². The Morgan fingerprint density at radius 2 is 0.885 bits per heavy atom. The largest absolute Gasteiger partial charge is 0.303 e. The predicted octanol–water partition coefficient (Wildman–Crippen LogP) is 8.31. The number of nitrogens with zero attached hydrogens (tertiary/aromatic N) is 1. The molecular weight excluding hydrogens is 314 g/mol. The van der Waals surface area contributed by atoms with Crippen LogP contribution in [0.25, 0.3) is 0 Å². The molecule has 0 aromatic rings. The number of hydrogen-bond acceptors (Lipinski definition) is 1. The number of hydrogen-bond donors (Lipinski definition) is 0. The molecule has 0 saturated carbocycles. The molecule has 0 unspecified atom stereocenters. The maximum absolute atomic E-state index is 4.00. The summed E-state index contributed by atoms with van der Waals surface area (Å²) in [6.45, 7) is 18.6. The molecule has 1 heteroatoms. The molecule has 1 nitrogen and oxygen atoms in total. The van der Waals surface area contributed by atoms with Crippen molar-refractivity contribution in [1.29, 1.82) is 0 Å². The smallest absolute Gasteiger partial charge is 0.00187 e. The van der Waals surface area contributed by atoms with Gasteiger partial charge in [0, 0.05) is 0 Å². The molecule has 154 valence electrons. The first kappa shape index (κ1) is 25.4. The fourth-order valence-corrected chi connectivity index (χ4v) is 3.51. The Labute approximate surface area is 166 Å². The zero-order chi connectivity index (χ0) is 19.5. The van der Waals surface area contributed by atoms with E-state index in [2.05, 4.69) is 38.8 Å². The SMILES string of the molecule is C=C(C)CCCCCCCN(CCCCC)CCCCCCCC(=C)C. The van der Waals surface area contributed by atoms with Crippen molar-refractivity contribution in [2.75, 3.05) is 19.6 Å². The summed E-state index contributed by atoms with van der Waals surface area (Å²) in [5.41, 5.74) is 2.68. The van der Waals surface area contributed by atoms with Crippen LogP contribution in [0, 0.1) is 0 Å². The maximum atomic E-state index is 4.00. The topological polar surface area (TPSA) is 3.24 Å². The lowest BCUT2D eigenvalue weighted by molar-refractivity contribution is 0.255. The van der Waals surface area contributed by atoms with Gasteiger partial charge in [0.25, 0.3) is 0 Å². The van der Waals surface area contributed by atoms with Crippen LogP contribution in [0.2, 0.25) is 0 Å². The van der Waals surface area contributed by atoms with E-state index in [1.807, 2.05) is 0 Å². The van der Waals surface area contributed by atoms with Crippen LogP contribution in [0.1, 0.15) is 117 Å². The highest BCUT2D eigenvalue weighted by atomic mass is 15.1. The highest BCUT2D eigenvalue weighted by molar-refractivity contribution is 4.87. The first-order valence-electron chi connectivity index (χ1n) is 11.6. The summed E-state index contributed by atoms with van der Waals surface area (Å²) in [4.78, 5) is 2.75. The standard InChI is InChI=1S/C25H49N/c1-6-7-16-21-26(22-17-12-8-10-14-19-24(2)3)23-18-13-9-11-15-20-25(4)5/h2,4,6-23H2,1,3,5H3. The Morgan fingerprint density at radius 3 is 1.27 bits per heavy atom. The van der Waals surface area contributed by atoms with Gasteiger partial charge < -0.3 is 4.90 Å². The Balaban J connectivity index is 3.72. The summed E-state index contributed by atoms with van der Waals surface area (Å²) in [6, 6.07) is 0. The van der Waals surface area contributed by atoms with Crippen molar-refractivity contribution in [3.05, 3.63) is 24.3 Å². The van der Waals surface area contributed by atoms with E-state index in [0.717, 1.165) is 0 Å². The molecule has 0 rings (SSSR count). The van der Waals surface area contributed by atoms with E-state index in [0.29, 0.717) is 0 Å². The van der Waals surface area contributed by atoms with Crippen molar-refractivity contribution >= 4 is 0 Å². The zero-order valence-electron chi connectivity index (χ0n) is 18.6. The molecule has 0 aromatic carbocycles. The highest BCUT2D eigenvalue weighted by Gasteiger charge is 2.04. The first-order chi connectivity index (χ1) is 12.6. The third-order valence-corrected chi connectivity index (χ3v) is 5.23. The zero-order valence-corrected chi connectivity index (χ0v) is 18.6. The van der Waals surface area contributed by atoms with Gasteiger partial charge in [0.2, 0.25) is 0 Å². The van der Waals surface area contributed by atoms with Crippen LogP contribution in [0.4, 0.5) is 0 Å². The van der Waals surface area contributed by atoms with Crippen LogP contribution in [-0.4, -0.2) is 24.5 Å². The average molecular weight is 364 g/mol. The van der Waals surface area contributed by atoms with Crippen LogP contribution >= 0.6 is 0 Å². The van der Waals surface area contributed by atoms with Crippen LogP contribution in [0.5, 0.6) is 0 Å². The van der Waals surface area contributed by atoms with E-state index in [1.165, 1.54) is 127 Å². The monoisotopic (exact) mass is 363 g/mol. The summed E-state index contributed by atoms with van der Waals surface area (Å²) in [6.07, 6.45) is 20.4. The van der Waals surface area contributed by atoms with E-state index >= 15 is 0 Å². The second-order valence-electron chi connectivity index (χ2n) is 8.50. The van der Waals surface area contributed by atoms with Crippen molar-refractivity contribution in [2.24, 2.45) is 0 Å². The molecule has 0 aliphatic rings. The predicted molar refractivity (Wildman–Crippen MR) is 121 cm³/mol. The summed E-state index contributed by atoms with van der Waals surface area (Å²) in [7, 11) is 0. The second-order valence-corrected chi connectivity index (χ2v) is 8.50. The van der Waals surface area contributed by atoms with Crippen LogP contribution in [-0.2, 0) is 0 Å². The molecule has 26 heavy (non-hydrogen) atoms. The molecular formula is C25H49N. The Morgan fingerprint density at radius 1 is 0.538 bits per heavy atom. The van der Waals surface area contributed by atoms with Crippen molar-refractivity contribution in [3.8, 4) is 0 Å². The molecule has 0 heterocycles. The highest BCUT2D eigenvalue weighted by Crippen LogP contribution is 2.12. The van der Waals surface area contributed by atoms with E-state index in [4.69, 9.17) is 0 Å². The Hall–Kier alpha value is -0.560. The lowest BCUT2D eigenvalue weighted by Gasteiger charge is -2.22. The quantitative estimate of drug-likeness (QED) is 0.155. The normalized spacial score (nSPS) is 11.2. The maximum Gasteiger partial charge on any atom is -0.00187 e. The molecule has 0 radical (unpaired) electrons. The Bertz CT molecular complexity index is 303. The molecule has 0 spiro atoms. The van der Waals surface area contributed by atoms with Crippen molar-refractivity contribution in [1.82, 2.24) is 4.90 Å². The molecule has 0 atom stereocenters. The van der Waals surface area contributed by atoms with E-state index in [9.17, 15) is 0 Å². The minimum absolute atomic E-state index is 1.22. The molecule has 0 fully saturated rings. The summed E-state index contributed by atoms with van der Waals surface area (Å²) >= 11 is 0. The van der Waals surface area contributed by atoms with Gasteiger partial charge in [0.15, 0.2) is 0 Å². The van der Waals surface area contributed by atoms with Gasteiger partial charge in [0.1, 0.15) is 0 Å². The van der Waals surface area contributed by atoms with Gasteiger partial charge in [-0.3, -0.25) is 0 Å². The summed E-state index contributed by atoms with van der Waals surface area (Å²) in [5, 5.41) is 0. The van der Waals surface area contributed by atoms with E-state index in [1.54, 1.807) is 0 Å². The number of unbranched alkanes of at least 4 members (excludes halogenated alkanes) is 10. The molecule has 0 amide bonds. The van der Waals surface area contributed by atoms with Crippen LogP contribution in [0.15, 0.2) is 24.3 Å². The molecule has 0 N–H and O–H groups in total. The second kappa shape index (κ2) is 19.2. The van der Waals surface area contributed by atoms with Gasteiger partial charge in [-0.1, -0.05) is 69.4 Å². The molecule has 0 aromatic heterocycles. The fourth-order valence-electron chi connectivity index (χ4n) is 3.51. The van der Waals surface area contributed by atoms with Gasteiger partial charge in [-0.15, -0.1) is 13.2 Å². The van der Waals surface area contributed by atoms with Crippen molar-refractivity contribution in [3.63, 3.8) is 0 Å². The number of allylic oxidation sites excluding steroid dienone is 2. The third kappa shape index (κ3) is 19.8. The molecule has 0 saturated heterocycles. The minimum Gasteiger partial charge on any atom is -0.303 e. The average Bonchev–Trinajstić information content (AvgIpc) is 2.59. The van der Waals surface area contributed by atoms with Gasteiger partial charge in [-0.2, -0.15) is 0 Å². The van der Waals surface area contributed by atoms with E-state index < -0.39 is 0 Å². The summed E-state index contributed by atoms with van der Waals surface area (Å²) < 4.78 is 0. The first-order valence-corrected chi connectivity index (χ1v) is 11.6. The lowest BCUT2D eigenvalue weighted by atomic mass is 10.1. The van der Waals surface area contributed by atoms with Crippen LogP contribution in [0.3, 0.4) is 0 Å². The van der Waals surface area contributed by atoms with Crippen LogP contribution < -0.4 is 0 Å². The molecule has 0 aliphatic carbocycles. The third-order valence-electron chi connectivity index (χ3n) is 5.23. The molecule has 0 bridgehead atoms. The van der Waals surface area contributed by atoms with Crippen molar-refractivity contribution in [2.45, 2.75) is 117 Å². The number of rotatable bonds is 20.